The Morgan fingerprint density at radius 2 is 1.83 bits per heavy atom. The third-order valence-electron chi connectivity index (χ3n) is 3.45. The number of hydrogen-bond acceptors (Lipinski definition) is 4. The van der Waals surface area contributed by atoms with Crippen LogP contribution in [0.3, 0.4) is 0 Å². The third-order valence-corrected chi connectivity index (χ3v) is 4.51. The van der Waals surface area contributed by atoms with E-state index in [1.807, 2.05) is 48.5 Å². The van der Waals surface area contributed by atoms with Gasteiger partial charge in [-0.2, -0.15) is 0 Å². The van der Waals surface area contributed by atoms with Gasteiger partial charge >= 0.3 is 0 Å². The predicted molar refractivity (Wildman–Crippen MR) is 95.7 cm³/mol. The number of para-hydroxylation sites is 2. The smallest absolute Gasteiger partial charge is 0.291 e. The molecule has 0 spiro atoms. The second-order valence-electron chi connectivity index (χ2n) is 5.03. The number of furan rings is 1. The van der Waals surface area contributed by atoms with Crippen LogP contribution >= 0.6 is 11.8 Å². The minimum atomic E-state index is -0.284. The van der Waals surface area contributed by atoms with E-state index in [2.05, 4.69) is 5.32 Å². The highest BCUT2D eigenvalue weighted by molar-refractivity contribution is 7.98. The topological polar surface area (TPSA) is 51.5 Å². The zero-order chi connectivity index (χ0) is 16.8. The fraction of sp³-hybridized carbons (Fsp3) is 0.105. The van der Waals surface area contributed by atoms with Gasteiger partial charge in [0.2, 0.25) is 0 Å². The number of hydrogen-bond donors (Lipinski definition) is 1. The fourth-order valence-corrected chi connectivity index (χ4v) is 3.15. The van der Waals surface area contributed by atoms with Crippen molar-refractivity contribution in [1.82, 2.24) is 0 Å². The first-order valence-corrected chi connectivity index (χ1v) is 8.45. The molecule has 24 heavy (non-hydrogen) atoms. The Kier molecular flexibility index (Phi) is 5.23. The number of nitrogens with one attached hydrogen (secondary N) is 1. The van der Waals surface area contributed by atoms with E-state index in [1.165, 1.54) is 6.26 Å². The summed E-state index contributed by atoms with van der Waals surface area (Å²) in [5, 5.41) is 2.84. The van der Waals surface area contributed by atoms with E-state index in [9.17, 15) is 4.79 Å². The lowest BCUT2D eigenvalue weighted by atomic mass is 10.2. The van der Waals surface area contributed by atoms with Crippen LogP contribution in [-0.4, -0.2) is 13.0 Å². The lowest BCUT2D eigenvalue weighted by Gasteiger charge is -2.09. The van der Waals surface area contributed by atoms with Crippen LogP contribution in [0.1, 0.15) is 16.1 Å². The Hall–Kier alpha value is -2.66. The summed E-state index contributed by atoms with van der Waals surface area (Å²) in [4.78, 5) is 13.7. The maximum absolute atomic E-state index is 12.5. The monoisotopic (exact) mass is 339 g/mol. The van der Waals surface area contributed by atoms with Gasteiger partial charge < -0.3 is 14.5 Å². The van der Waals surface area contributed by atoms with Gasteiger partial charge in [-0.1, -0.05) is 30.3 Å². The summed E-state index contributed by atoms with van der Waals surface area (Å²) >= 11 is 1.66. The molecule has 1 heterocycles. The average Bonchev–Trinajstić information content (AvgIpc) is 3.10. The Morgan fingerprint density at radius 1 is 1.08 bits per heavy atom. The number of methoxy groups -OCH3 is 1. The number of amides is 1. The number of carbonyl (C=O) groups excluding carboxylic acids is 1. The number of ether oxygens (including phenoxy) is 1. The fourth-order valence-electron chi connectivity index (χ4n) is 2.25. The molecule has 0 aliphatic rings. The molecule has 1 N–H and O–H groups in total. The van der Waals surface area contributed by atoms with E-state index in [-0.39, 0.29) is 5.91 Å². The van der Waals surface area contributed by atoms with Gasteiger partial charge in [0.25, 0.3) is 5.91 Å². The van der Waals surface area contributed by atoms with Gasteiger partial charge in [0.1, 0.15) is 5.75 Å². The molecule has 2 aromatic carbocycles. The minimum Gasteiger partial charge on any atom is -0.495 e. The van der Waals surface area contributed by atoms with Crippen molar-refractivity contribution in [3.8, 4) is 5.75 Å². The molecule has 1 amide bonds. The molecule has 0 bridgehead atoms. The van der Waals surface area contributed by atoms with Crippen molar-refractivity contribution in [2.24, 2.45) is 0 Å². The molecule has 1 aromatic heterocycles. The number of rotatable bonds is 6. The van der Waals surface area contributed by atoms with Crippen LogP contribution in [0.15, 0.2) is 76.2 Å². The maximum Gasteiger partial charge on any atom is 0.291 e. The summed E-state index contributed by atoms with van der Waals surface area (Å²) in [5.74, 6) is 1.31. The molecular formula is C19H17NO3S. The first-order valence-electron chi connectivity index (χ1n) is 7.46. The zero-order valence-corrected chi connectivity index (χ0v) is 14.0. The molecule has 0 radical (unpaired) electrons. The minimum absolute atomic E-state index is 0.284. The number of thioether (sulfide) groups is 1. The largest absolute Gasteiger partial charge is 0.495 e. The number of benzene rings is 2. The highest BCUT2D eigenvalue weighted by Gasteiger charge is 2.17. The Morgan fingerprint density at radius 3 is 2.62 bits per heavy atom. The standard InChI is InChI=1S/C19H17NO3S/c1-22-17-10-6-5-9-16(17)20-19(21)18-14(11-12-23-18)13-24-15-7-3-2-4-8-15/h2-12H,13H2,1H3,(H,20,21). The van der Waals surface area contributed by atoms with Crippen LogP contribution in [0.5, 0.6) is 5.75 Å². The van der Waals surface area contributed by atoms with Crippen LogP contribution in [-0.2, 0) is 5.75 Å². The highest BCUT2D eigenvalue weighted by atomic mass is 32.2. The van der Waals surface area contributed by atoms with Crippen LogP contribution < -0.4 is 10.1 Å². The van der Waals surface area contributed by atoms with E-state index in [4.69, 9.17) is 9.15 Å². The Bertz CT molecular complexity index is 814. The third kappa shape index (κ3) is 3.81. The van der Waals surface area contributed by atoms with Crippen molar-refractivity contribution in [3.63, 3.8) is 0 Å². The van der Waals surface area contributed by atoms with Gasteiger partial charge in [-0.05, 0) is 30.3 Å². The van der Waals surface area contributed by atoms with Gasteiger partial charge in [0.05, 0.1) is 19.1 Å². The van der Waals surface area contributed by atoms with Crippen LogP contribution in [0, 0.1) is 0 Å². The highest BCUT2D eigenvalue weighted by Crippen LogP contribution is 2.27. The van der Waals surface area contributed by atoms with Gasteiger partial charge in [0.15, 0.2) is 5.76 Å². The number of anilines is 1. The van der Waals surface area contributed by atoms with Crippen molar-refractivity contribution in [1.29, 1.82) is 0 Å². The summed E-state index contributed by atoms with van der Waals surface area (Å²) < 4.78 is 10.6. The van der Waals surface area contributed by atoms with Gasteiger partial charge in [0, 0.05) is 16.2 Å². The summed E-state index contributed by atoms with van der Waals surface area (Å²) in [7, 11) is 1.57. The second-order valence-corrected chi connectivity index (χ2v) is 6.08. The normalized spacial score (nSPS) is 10.4. The molecule has 0 saturated heterocycles. The van der Waals surface area contributed by atoms with Crippen molar-refractivity contribution < 1.29 is 13.9 Å². The summed E-state index contributed by atoms with van der Waals surface area (Å²) in [5.41, 5.74) is 1.47. The quantitative estimate of drug-likeness (QED) is 0.653. The lowest BCUT2D eigenvalue weighted by molar-refractivity contribution is 0.0995. The predicted octanol–water partition coefficient (Wildman–Crippen LogP) is 4.83. The molecule has 0 atom stereocenters. The number of carbonyl (C=O) groups is 1. The van der Waals surface area contributed by atoms with Gasteiger partial charge in [-0.3, -0.25) is 4.79 Å². The van der Waals surface area contributed by atoms with Crippen LogP contribution in [0.2, 0.25) is 0 Å². The molecule has 4 nitrogen and oxygen atoms in total. The first kappa shape index (κ1) is 16.2. The van der Waals surface area contributed by atoms with E-state index < -0.39 is 0 Å². The maximum atomic E-state index is 12.5. The molecule has 3 aromatic rings. The van der Waals surface area contributed by atoms with E-state index in [1.54, 1.807) is 31.0 Å². The molecule has 0 aliphatic heterocycles. The Labute approximate surface area is 144 Å². The summed E-state index contributed by atoms with van der Waals surface area (Å²) in [6.07, 6.45) is 1.54. The van der Waals surface area contributed by atoms with Gasteiger partial charge in [-0.15, -0.1) is 11.8 Å². The van der Waals surface area contributed by atoms with Crippen molar-refractivity contribution in [3.05, 3.63) is 78.3 Å². The van der Waals surface area contributed by atoms with Crippen molar-refractivity contribution in [2.75, 3.05) is 12.4 Å². The molecule has 0 aliphatic carbocycles. The van der Waals surface area contributed by atoms with E-state index in [0.717, 1.165) is 10.5 Å². The van der Waals surface area contributed by atoms with Crippen molar-refractivity contribution >= 4 is 23.4 Å². The van der Waals surface area contributed by atoms with E-state index >= 15 is 0 Å². The zero-order valence-electron chi connectivity index (χ0n) is 13.2. The molecule has 3 rings (SSSR count). The SMILES string of the molecule is COc1ccccc1NC(=O)c1occc1CSc1ccccc1. The molecule has 0 fully saturated rings. The van der Waals surface area contributed by atoms with Crippen LogP contribution in [0.4, 0.5) is 5.69 Å². The molecule has 5 heteroatoms. The average molecular weight is 339 g/mol. The molecule has 122 valence electrons. The molecule has 0 saturated carbocycles. The Balaban J connectivity index is 1.71. The first-order chi connectivity index (χ1) is 11.8. The van der Waals surface area contributed by atoms with Crippen molar-refractivity contribution in [2.45, 2.75) is 10.6 Å². The summed E-state index contributed by atoms with van der Waals surface area (Å²) in [6.45, 7) is 0. The van der Waals surface area contributed by atoms with Crippen LogP contribution in [0.25, 0.3) is 0 Å². The lowest BCUT2D eigenvalue weighted by Crippen LogP contribution is -2.13. The molecule has 0 unspecified atom stereocenters. The summed E-state index contributed by atoms with van der Waals surface area (Å²) in [6, 6.07) is 19.2. The van der Waals surface area contributed by atoms with Gasteiger partial charge in [-0.25, -0.2) is 0 Å². The van der Waals surface area contributed by atoms with E-state index in [0.29, 0.717) is 22.9 Å². The molecular weight excluding hydrogens is 322 g/mol. The second kappa shape index (κ2) is 7.75.